The first kappa shape index (κ1) is 13.0. The fourth-order valence-electron chi connectivity index (χ4n) is 2.64. The zero-order chi connectivity index (χ0) is 13.2. The van der Waals surface area contributed by atoms with E-state index < -0.39 is 5.54 Å². The molecule has 1 aliphatic carbocycles. The van der Waals surface area contributed by atoms with Gasteiger partial charge in [0.25, 0.3) is 0 Å². The van der Waals surface area contributed by atoms with E-state index in [1.807, 2.05) is 13.0 Å². The van der Waals surface area contributed by atoms with Crippen LogP contribution in [0.5, 0.6) is 0 Å². The number of carbonyl (C=O) groups is 1. The van der Waals surface area contributed by atoms with Crippen molar-refractivity contribution in [2.45, 2.75) is 45.1 Å². The molecule has 1 aliphatic rings. The molecule has 1 aromatic rings. The van der Waals surface area contributed by atoms with Crippen LogP contribution >= 0.6 is 0 Å². The Morgan fingerprint density at radius 1 is 1.61 bits per heavy atom. The highest BCUT2D eigenvalue weighted by Gasteiger charge is 2.38. The highest BCUT2D eigenvalue weighted by molar-refractivity contribution is 5.98. The van der Waals surface area contributed by atoms with Crippen molar-refractivity contribution in [3.8, 4) is 0 Å². The van der Waals surface area contributed by atoms with Gasteiger partial charge in [-0.05, 0) is 37.3 Å². The number of aryl methyl sites for hydroxylation is 1. The van der Waals surface area contributed by atoms with Crippen LogP contribution in [0.15, 0.2) is 18.5 Å². The van der Waals surface area contributed by atoms with Crippen LogP contribution in [-0.4, -0.2) is 16.4 Å². The van der Waals surface area contributed by atoms with Crippen molar-refractivity contribution in [1.82, 2.24) is 4.98 Å². The quantitative estimate of drug-likeness (QED) is 0.842. The van der Waals surface area contributed by atoms with Crippen LogP contribution in [0.4, 0.5) is 5.69 Å². The van der Waals surface area contributed by atoms with Crippen molar-refractivity contribution >= 4 is 11.6 Å². The zero-order valence-electron chi connectivity index (χ0n) is 11.1. The Hall–Kier alpha value is -1.42. The molecule has 98 valence electrons. The normalized spacial score (nSPS) is 27.8. The molecule has 1 saturated carbocycles. The first-order chi connectivity index (χ1) is 8.51. The Bertz CT molecular complexity index is 446. The third-order valence-electron chi connectivity index (χ3n) is 3.77. The SMILES string of the molecule is Cc1ccncc1NC(=O)C1(N)CCCC(C)C1. The minimum atomic E-state index is -0.722. The molecule has 1 heterocycles. The molecule has 2 rings (SSSR count). The lowest BCUT2D eigenvalue weighted by Gasteiger charge is -2.35. The van der Waals surface area contributed by atoms with Crippen LogP contribution in [0, 0.1) is 12.8 Å². The number of aromatic nitrogens is 1. The molecule has 2 unspecified atom stereocenters. The summed E-state index contributed by atoms with van der Waals surface area (Å²) in [5, 5.41) is 2.91. The highest BCUT2D eigenvalue weighted by Crippen LogP contribution is 2.31. The Morgan fingerprint density at radius 2 is 2.39 bits per heavy atom. The number of amides is 1. The van der Waals surface area contributed by atoms with Crippen molar-refractivity contribution < 1.29 is 4.79 Å². The molecule has 0 spiro atoms. The second kappa shape index (κ2) is 5.06. The summed E-state index contributed by atoms with van der Waals surface area (Å²) in [5.41, 5.74) is 7.30. The van der Waals surface area contributed by atoms with Gasteiger partial charge in [0.05, 0.1) is 17.4 Å². The predicted octanol–water partition coefficient (Wildman–Crippen LogP) is 2.24. The number of nitrogens with zero attached hydrogens (tertiary/aromatic N) is 1. The fourth-order valence-corrected chi connectivity index (χ4v) is 2.64. The smallest absolute Gasteiger partial charge is 0.244 e. The van der Waals surface area contributed by atoms with Crippen molar-refractivity contribution in [2.24, 2.45) is 11.7 Å². The van der Waals surface area contributed by atoms with Crippen LogP contribution in [0.25, 0.3) is 0 Å². The number of nitrogens with two attached hydrogens (primary N) is 1. The topological polar surface area (TPSA) is 68.0 Å². The first-order valence-electron chi connectivity index (χ1n) is 6.52. The monoisotopic (exact) mass is 247 g/mol. The maximum Gasteiger partial charge on any atom is 0.244 e. The van der Waals surface area contributed by atoms with E-state index in [0.717, 1.165) is 36.9 Å². The van der Waals surface area contributed by atoms with Gasteiger partial charge in [0.1, 0.15) is 0 Å². The second-order valence-electron chi connectivity index (χ2n) is 5.50. The molecule has 0 saturated heterocycles. The van der Waals surface area contributed by atoms with Gasteiger partial charge in [-0.3, -0.25) is 9.78 Å². The summed E-state index contributed by atoms with van der Waals surface area (Å²) in [7, 11) is 0. The number of hydrogen-bond donors (Lipinski definition) is 2. The molecule has 4 nitrogen and oxygen atoms in total. The Balaban J connectivity index is 2.10. The zero-order valence-corrected chi connectivity index (χ0v) is 11.1. The Kier molecular flexibility index (Phi) is 3.66. The van der Waals surface area contributed by atoms with Crippen LogP contribution in [0.1, 0.15) is 38.2 Å². The van der Waals surface area contributed by atoms with E-state index in [1.165, 1.54) is 0 Å². The van der Waals surface area contributed by atoms with Gasteiger partial charge in [-0.25, -0.2) is 0 Å². The largest absolute Gasteiger partial charge is 0.323 e. The lowest BCUT2D eigenvalue weighted by atomic mass is 9.76. The average molecular weight is 247 g/mol. The van der Waals surface area contributed by atoms with E-state index in [4.69, 9.17) is 5.73 Å². The molecule has 4 heteroatoms. The number of pyridine rings is 1. The summed E-state index contributed by atoms with van der Waals surface area (Å²) >= 11 is 0. The molecule has 3 N–H and O–H groups in total. The van der Waals surface area contributed by atoms with Crippen LogP contribution in [-0.2, 0) is 4.79 Å². The van der Waals surface area contributed by atoms with Gasteiger partial charge < -0.3 is 11.1 Å². The molecular weight excluding hydrogens is 226 g/mol. The van der Waals surface area contributed by atoms with Gasteiger partial charge >= 0.3 is 0 Å². The number of hydrogen-bond acceptors (Lipinski definition) is 3. The third-order valence-corrected chi connectivity index (χ3v) is 3.77. The first-order valence-corrected chi connectivity index (χ1v) is 6.52. The Morgan fingerprint density at radius 3 is 3.06 bits per heavy atom. The predicted molar refractivity (Wildman–Crippen MR) is 72.2 cm³/mol. The summed E-state index contributed by atoms with van der Waals surface area (Å²) in [5.74, 6) is 0.439. The Labute approximate surface area is 108 Å². The van der Waals surface area contributed by atoms with Crippen molar-refractivity contribution in [1.29, 1.82) is 0 Å². The molecule has 0 radical (unpaired) electrons. The van der Waals surface area contributed by atoms with E-state index in [1.54, 1.807) is 12.4 Å². The number of carbonyl (C=O) groups excluding carboxylic acids is 1. The van der Waals surface area contributed by atoms with E-state index in [0.29, 0.717) is 5.92 Å². The standard InChI is InChI=1S/C14H21N3O/c1-10-4-3-6-14(15,8-10)13(18)17-12-9-16-7-5-11(12)2/h5,7,9-10H,3-4,6,8,15H2,1-2H3,(H,17,18). The fraction of sp³-hybridized carbons (Fsp3) is 0.571. The molecule has 2 atom stereocenters. The summed E-state index contributed by atoms with van der Waals surface area (Å²) in [6.07, 6.45) is 7.10. The lowest BCUT2D eigenvalue weighted by molar-refractivity contribution is -0.122. The lowest BCUT2D eigenvalue weighted by Crippen LogP contribution is -2.53. The van der Waals surface area contributed by atoms with E-state index in [-0.39, 0.29) is 5.91 Å². The maximum absolute atomic E-state index is 12.3. The maximum atomic E-state index is 12.3. The number of anilines is 1. The van der Waals surface area contributed by atoms with Gasteiger partial charge in [0.15, 0.2) is 0 Å². The summed E-state index contributed by atoms with van der Waals surface area (Å²) in [6, 6.07) is 1.88. The van der Waals surface area contributed by atoms with Gasteiger partial charge in [-0.15, -0.1) is 0 Å². The van der Waals surface area contributed by atoms with Gasteiger partial charge in [0, 0.05) is 6.20 Å². The molecule has 0 aromatic carbocycles. The molecule has 1 amide bonds. The minimum Gasteiger partial charge on any atom is -0.323 e. The minimum absolute atomic E-state index is 0.0786. The van der Waals surface area contributed by atoms with E-state index >= 15 is 0 Å². The van der Waals surface area contributed by atoms with Gasteiger partial charge in [0.2, 0.25) is 5.91 Å². The molecule has 0 bridgehead atoms. The summed E-state index contributed by atoms with van der Waals surface area (Å²) < 4.78 is 0. The van der Waals surface area contributed by atoms with Gasteiger partial charge in [-0.2, -0.15) is 0 Å². The average Bonchev–Trinajstić information content (AvgIpc) is 2.31. The number of rotatable bonds is 2. The molecule has 1 aromatic heterocycles. The summed E-state index contributed by atoms with van der Waals surface area (Å²) in [6.45, 7) is 4.10. The van der Waals surface area contributed by atoms with Crippen LogP contribution in [0.3, 0.4) is 0 Å². The molecule has 18 heavy (non-hydrogen) atoms. The molecule has 1 fully saturated rings. The van der Waals surface area contributed by atoms with Crippen LogP contribution in [0.2, 0.25) is 0 Å². The summed E-state index contributed by atoms with van der Waals surface area (Å²) in [4.78, 5) is 16.3. The molecular formula is C14H21N3O. The van der Waals surface area contributed by atoms with Gasteiger partial charge in [-0.1, -0.05) is 19.8 Å². The van der Waals surface area contributed by atoms with Crippen molar-refractivity contribution in [3.05, 3.63) is 24.0 Å². The number of nitrogens with one attached hydrogen (secondary N) is 1. The highest BCUT2D eigenvalue weighted by atomic mass is 16.2. The van der Waals surface area contributed by atoms with Crippen LogP contribution < -0.4 is 11.1 Å². The second-order valence-corrected chi connectivity index (χ2v) is 5.50. The van der Waals surface area contributed by atoms with Crippen molar-refractivity contribution in [2.75, 3.05) is 5.32 Å². The van der Waals surface area contributed by atoms with Crippen molar-refractivity contribution in [3.63, 3.8) is 0 Å². The third kappa shape index (κ3) is 2.70. The van der Waals surface area contributed by atoms with E-state index in [2.05, 4.69) is 17.2 Å². The molecule has 0 aliphatic heterocycles. The van der Waals surface area contributed by atoms with E-state index in [9.17, 15) is 4.79 Å².